The van der Waals surface area contributed by atoms with E-state index in [-0.39, 0.29) is 17.1 Å². The first-order valence-electron chi connectivity index (χ1n) is 5.14. The van der Waals surface area contributed by atoms with Crippen molar-refractivity contribution in [3.05, 3.63) is 11.5 Å². The van der Waals surface area contributed by atoms with E-state index >= 15 is 0 Å². The molecule has 0 aromatic heterocycles. The number of hydrogen-bond acceptors (Lipinski definition) is 4. The van der Waals surface area contributed by atoms with E-state index in [2.05, 4.69) is 5.32 Å². The summed E-state index contributed by atoms with van der Waals surface area (Å²) in [4.78, 5) is 11.7. The molecule has 2 aliphatic heterocycles. The number of allylic oxidation sites excluding steroid dienone is 2. The van der Waals surface area contributed by atoms with Crippen molar-refractivity contribution in [2.75, 3.05) is 13.1 Å². The van der Waals surface area contributed by atoms with Crippen LogP contribution in [0.25, 0.3) is 0 Å². The number of ketones is 1. The van der Waals surface area contributed by atoms with Gasteiger partial charge in [0.2, 0.25) is 12.0 Å². The summed E-state index contributed by atoms with van der Waals surface area (Å²) in [5.41, 5.74) is 5.38. The van der Waals surface area contributed by atoms with E-state index in [0.717, 1.165) is 25.9 Å². The highest BCUT2D eigenvalue weighted by molar-refractivity contribution is 6.00. The maximum absolute atomic E-state index is 11.7. The average molecular weight is 210 g/mol. The number of carbonyl (C=O) groups is 1. The van der Waals surface area contributed by atoms with Gasteiger partial charge >= 0.3 is 0 Å². The number of nitrogens with one attached hydrogen (secondary N) is 1. The summed E-state index contributed by atoms with van der Waals surface area (Å²) in [6.45, 7) is 1.73. The molecule has 0 unspecified atom stereocenters. The maximum atomic E-state index is 11.7. The van der Waals surface area contributed by atoms with Gasteiger partial charge in [0.25, 0.3) is 0 Å². The molecule has 2 heterocycles. The molecule has 82 valence electrons. The van der Waals surface area contributed by atoms with E-state index < -0.39 is 0 Å². The summed E-state index contributed by atoms with van der Waals surface area (Å²) in [6.07, 6.45) is 3.29. The van der Waals surface area contributed by atoms with E-state index in [4.69, 9.17) is 15.9 Å². The van der Waals surface area contributed by atoms with Gasteiger partial charge < -0.3 is 15.8 Å². The predicted molar refractivity (Wildman–Crippen MR) is 54.7 cm³/mol. The van der Waals surface area contributed by atoms with Gasteiger partial charge in [-0.25, -0.2) is 0 Å². The Morgan fingerprint density at radius 1 is 1.47 bits per heavy atom. The Labute approximate surface area is 88.2 Å². The number of nitrogens with two attached hydrogens (primary N) is 2. The highest BCUT2D eigenvalue weighted by atomic mass is 16.5. The fraction of sp³-hybridized carbons (Fsp3) is 0.600. The van der Waals surface area contributed by atoms with E-state index in [0.29, 0.717) is 12.2 Å². The third kappa shape index (κ3) is 1.74. The van der Waals surface area contributed by atoms with Crippen molar-refractivity contribution in [1.82, 2.24) is 5.32 Å². The molecule has 5 heteroatoms. The molecular formula is C10H16N3O2+. The van der Waals surface area contributed by atoms with Gasteiger partial charge in [-0.1, -0.05) is 0 Å². The molecule has 1 saturated heterocycles. The van der Waals surface area contributed by atoms with Gasteiger partial charge in [0, 0.05) is 12.8 Å². The van der Waals surface area contributed by atoms with Crippen LogP contribution in [0.15, 0.2) is 11.5 Å². The fourth-order valence-electron chi connectivity index (χ4n) is 2.13. The highest BCUT2D eigenvalue weighted by Crippen LogP contribution is 2.34. The number of Topliss-reactive ketones (excluding diaryl/α,β-unsaturated/α-hetero) is 1. The molecule has 0 saturated carbocycles. The van der Waals surface area contributed by atoms with Crippen LogP contribution < -0.4 is 16.5 Å². The maximum Gasteiger partial charge on any atom is 0.210 e. The van der Waals surface area contributed by atoms with Crippen molar-refractivity contribution in [3.8, 4) is 0 Å². The second kappa shape index (κ2) is 3.66. The van der Waals surface area contributed by atoms with Gasteiger partial charge in [0.1, 0.15) is 11.3 Å². The first-order chi connectivity index (χ1) is 7.17. The van der Waals surface area contributed by atoms with Gasteiger partial charge in [0.05, 0.1) is 6.42 Å². The lowest BCUT2D eigenvalue weighted by molar-refractivity contribution is -0.131. The standard InChI is InChI=1S/C10H15N3O2/c11-6-8-9(12)7(14)5-10(15-8)1-3-13-4-2-10/h6,11,13H,1-5,12H2/p+1. The van der Waals surface area contributed by atoms with E-state index in [1.54, 1.807) is 0 Å². The van der Waals surface area contributed by atoms with Crippen LogP contribution >= 0.6 is 0 Å². The number of carbonyl (C=O) groups excluding carboxylic acids is 1. The van der Waals surface area contributed by atoms with E-state index in [9.17, 15) is 4.79 Å². The minimum atomic E-state index is -0.379. The van der Waals surface area contributed by atoms with Gasteiger partial charge in [-0.15, -0.1) is 0 Å². The second-order valence-electron chi connectivity index (χ2n) is 4.08. The fourth-order valence-corrected chi connectivity index (χ4v) is 2.13. The molecule has 2 rings (SSSR count). The first kappa shape index (κ1) is 10.2. The molecule has 1 spiro atoms. The Kier molecular flexibility index (Phi) is 2.48. The van der Waals surface area contributed by atoms with Gasteiger partial charge in [-0.2, -0.15) is 0 Å². The molecule has 5 nitrogen and oxygen atoms in total. The summed E-state index contributed by atoms with van der Waals surface area (Å²) in [5.74, 6) is 0.285. The third-order valence-electron chi connectivity index (χ3n) is 3.04. The number of hydrogen-bond donors (Lipinski definition) is 3. The molecule has 0 aromatic rings. The van der Waals surface area contributed by atoms with Crippen LogP contribution in [-0.2, 0) is 9.53 Å². The van der Waals surface area contributed by atoms with Crippen molar-refractivity contribution in [2.24, 2.45) is 5.73 Å². The second-order valence-corrected chi connectivity index (χ2v) is 4.08. The molecule has 0 radical (unpaired) electrons. The van der Waals surface area contributed by atoms with Gasteiger partial charge in [-0.05, 0) is 13.1 Å². The van der Waals surface area contributed by atoms with Crippen LogP contribution in [0.2, 0.25) is 0 Å². The molecule has 2 aliphatic rings. The minimum absolute atomic E-state index is 0.0557. The summed E-state index contributed by atoms with van der Waals surface area (Å²) in [5, 5.41) is 8.63. The van der Waals surface area contributed by atoms with Gasteiger partial charge in [0.15, 0.2) is 5.78 Å². The summed E-state index contributed by atoms with van der Waals surface area (Å²) in [7, 11) is 0. The van der Waals surface area contributed by atoms with Crippen molar-refractivity contribution < 1.29 is 14.9 Å². The molecule has 15 heavy (non-hydrogen) atoms. The lowest BCUT2D eigenvalue weighted by atomic mass is 9.84. The summed E-state index contributed by atoms with van der Waals surface area (Å²) >= 11 is 0. The molecule has 5 N–H and O–H groups in total. The Balaban J connectivity index is 2.26. The number of rotatable bonds is 1. The van der Waals surface area contributed by atoms with E-state index in [1.807, 2.05) is 0 Å². The van der Waals surface area contributed by atoms with Crippen LogP contribution in [0, 0.1) is 0 Å². The quantitative estimate of drug-likeness (QED) is 0.441. The van der Waals surface area contributed by atoms with E-state index in [1.165, 1.54) is 6.21 Å². The molecule has 0 atom stereocenters. The minimum Gasteiger partial charge on any atom is -0.479 e. The number of piperidine rings is 1. The molecular weight excluding hydrogens is 194 g/mol. The predicted octanol–water partition coefficient (Wildman–Crippen LogP) is -1.90. The van der Waals surface area contributed by atoms with Crippen LogP contribution in [0.5, 0.6) is 0 Å². The van der Waals surface area contributed by atoms with Crippen LogP contribution in [0.4, 0.5) is 0 Å². The smallest absolute Gasteiger partial charge is 0.210 e. The zero-order chi connectivity index (χ0) is 10.9. The average Bonchev–Trinajstić information content (AvgIpc) is 2.25. The van der Waals surface area contributed by atoms with Crippen molar-refractivity contribution >= 4 is 12.0 Å². The van der Waals surface area contributed by atoms with Crippen LogP contribution in [-0.4, -0.2) is 30.7 Å². The lowest BCUT2D eigenvalue weighted by Gasteiger charge is -2.39. The Bertz CT molecular complexity index is 330. The zero-order valence-electron chi connectivity index (χ0n) is 8.58. The summed E-state index contributed by atoms with van der Waals surface area (Å²) < 4.78 is 5.76. The summed E-state index contributed by atoms with van der Waals surface area (Å²) in [6, 6.07) is 0. The highest BCUT2D eigenvalue weighted by Gasteiger charge is 2.42. The zero-order valence-corrected chi connectivity index (χ0v) is 8.58. The first-order valence-corrected chi connectivity index (χ1v) is 5.14. The Morgan fingerprint density at radius 2 is 2.13 bits per heavy atom. The van der Waals surface area contributed by atoms with Crippen LogP contribution in [0.3, 0.4) is 0 Å². The lowest BCUT2D eigenvalue weighted by Crippen LogP contribution is -2.50. The van der Waals surface area contributed by atoms with Crippen molar-refractivity contribution in [1.29, 1.82) is 0 Å². The molecule has 0 aliphatic carbocycles. The van der Waals surface area contributed by atoms with Gasteiger partial charge in [-0.3, -0.25) is 10.2 Å². The van der Waals surface area contributed by atoms with Crippen molar-refractivity contribution in [3.63, 3.8) is 0 Å². The largest absolute Gasteiger partial charge is 0.479 e. The monoisotopic (exact) mass is 210 g/mol. The normalized spacial score (nSPS) is 25.2. The molecule has 0 bridgehead atoms. The van der Waals surface area contributed by atoms with Crippen molar-refractivity contribution in [2.45, 2.75) is 24.9 Å². The SMILES string of the molecule is NC1=C(C=[NH2+])OC2(CCNCC2)CC1=O. The topological polar surface area (TPSA) is 89.9 Å². The van der Waals surface area contributed by atoms with Crippen LogP contribution in [0.1, 0.15) is 19.3 Å². The Hall–Kier alpha value is -1.36. The Morgan fingerprint density at radius 3 is 2.73 bits per heavy atom. The molecule has 0 aromatic carbocycles. The molecule has 0 amide bonds. The third-order valence-corrected chi connectivity index (χ3v) is 3.04. The number of ether oxygens (including phenoxy) is 1. The molecule has 1 fully saturated rings.